The van der Waals surface area contributed by atoms with E-state index in [1.165, 1.54) is 0 Å². The lowest BCUT2D eigenvalue weighted by Gasteiger charge is -1.86. The quantitative estimate of drug-likeness (QED) is 0.361. The van der Waals surface area contributed by atoms with Crippen molar-refractivity contribution in [1.82, 2.24) is 5.32 Å². The van der Waals surface area contributed by atoms with Gasteiger partial charge in [-0.05, 0) is 12.9 Å². The van der Waals surface area contributed by atoms with E-state index in [1.807, 2.05) is 0 Å². The maximum Gasteiger partial charge on any atom is 0.119 e. The van der Waals surface area contributed by atoms with Crippen molar-refractivity contribution in [3.8, 4) is 0 Å². The summed E-state index contributed by atoms with van der Waals surface area (Å²) in [6.45, 7) is 0. The first-order valence-electron chi connectivity index (χ1n) is 2.12. The Morgan fingerprint density at radius 1 is 1.20 bits per heavy atom. The predicted octanol–water partition coefficient (Wildman–Crippen LogP) is -2.24. The molecule has 0 atom stereocenters. The highest BCUT2D eigenvalue weighted by molar-refractivity contribution is 6.11. The van der Waals surface area contributed by atoms with Crippen LogP contribution >= 0.6 is 0 Å². The van der Waals surface area contributed by atoms with Gasteiger partial charge in [0.1, 0.15) is 15.7 Å². The molecule has 0 aromatic heterocycles. The Balaban J connectivity index is 2.19. The molecule has 0 aliphatic heterocycles. The monoisotopic (exact) mass is 69.1 g/mol. The van der Waals surface area contributed by atoms with Crippen LogP contribution in [-0.2, 0) is 0 Å². The van der Waals surface area contributed by atoms with Gasteiger partial charge in [0.2, 0.25) is 0 Å². The van der Waals surface area contributed by atoms with Crippen LogP contribution in [0.2, 0.25) is 0 Å². The van der Waals surface area contributed by atoms with E-state index in [2.05, 4.69) is 21.0 Å². The highest BCUT2D eigenvalue weighted by Crippen LogP contribution is 1.35. The molecule has 0 aliphatic rings. The molecule has 0 fully saturated rings. The smallest absolute Gasteiger partial charge is 0.119 e. The molecule has 28 valence electrons. The third-order valence-electron chi connectivity index (χ3n) is 0.500. The van der Waals surface area contributed by atoms with Crippen LogP contribution in [0, 0.1) is 0 Å². The molecule has 5 heavy (non-hydrogen) atoms. The van der Waals surface area contributed by atoms with Crippen LogP contribution in [0.4, 0.5) is 0 Å². The lowest BCUT2D eigenvalue weighted by Crippen LogP contribution is -2.15. The zero-order chi connectivity index (χ0) is 4.12. The molecule has 0 heterocycles. The zero-order valence-corrected chi connectivity index (χ0v) is 3.91. The summed E-state index contributed by atoms with van der Waals surface area (Å²) in [6, 6.07) is 0. The minimum absolute atomic E-state index is 1.09. The Morgan fingerprint density at radius 2 is 1.60 bits per heavy atom. The third kappa shape index (κ3) is 4.09. The second-order valence-corrected chi connectivity index (χ2v) is 0.957. The second-order valence-electron chi connectivity index (χ2n) is 0.957. The molecular formula is C2H9B2N. The molecule has 0 bridgehead atoms. The first-order chi connectivity index (χ1) is 2.41. The standard InChI is InChI=1S/C2H9B2N/c3-1-5-2-4/h5H,1-4H2. The van der Waals surface area contributed by atoms with E-state index in [1.54, 1.807) is 0 Å². The van der Waals surface area contributed by atoms with Crippen LogP contribution in [-0.4, -0.2) is 28.6 Å². The van der Waals surface area contributed by atoms with E-state index in [0.717, 1.165) is 12.9 Å². The van der Waals surface area contributed by atoms with Crippen molar-refractivity contribution in [2.45, 2.75) is 0 Å². The van der Waals surface area contributed by atoms with Crippen molar-refractivity contribution in [3.05, 3.63) is 0 Å². The number of hydrogen-bond donors (Lipinski definition) is 1. The van der Waals surface area contributed by atoms with Gasteiger partial charge in [0, 0.05) is 0 Å². The molecule has 0 saturated carbocycles. The van der Waals surface area contributed by atoms with Crippen molar-refractivity contribution < 1.29 is 0 Å². The number of rotatable bonds is 2. The van der Waals surface area contributed by atoms with E-state index >= 15 is 0 Å². The van der Waals surface area contributed by atoms with Gasteiger partial charge in [0.05, 0.1) is 0 Å². The van der Waals surface area contributed by atoms with Gasteiger partial charge in [-0.15, -0.1) is 0 Å². The van der Waals surface area contributed by atoms with Crippen molar-refractivity contribution in [2.75, 3.05) is 12.9 Å². The summed E-state index contributed by atoms with van der Waals surface area (Å²) in [7, 11) is 4.20. The molecular weight excluding hydrogens is 59.7 g/mol. The SMILES string of the molecule is BCNCB. The van der Waals surface area contributed by atoms with Crippen molar-refractivity contribution in [2.24, 2.45) is 0 Å². The van der Waals surface area contributed by atoms with Gasteiger partial charge in [-0.25, -0.2) is 0 Å². The van der Waals surface area contributed by atoms with Gasteiger partial charge in [-0.1, -0.05) is 0 Å². The van der Waals surface area contributed by atoms with Gasteiger partial charge in [-0.3, -0.25) is 0 Å². The van der Waals surface area contributed by atoms with E-state index < -0.39 is 0 Å². The Labute approximate surface area is 35.0 Å². The summed E-state index contributed by atoms with van der Waals surface area (Å²) >= 11 is 0. The van der Waals surface area contributed by atoms with Crippen molar-refractivity contribution in [3.63, 3.8) is 0 Å². The average molecular weight is 68.7 g/mol. The van der Waals surface area contributed by atoms with Gasteiger partial charge >= 0.3 is 0 Å². The van der Waals surface area contributed by atoms with Crippen molar-refractivity contribution in [1.29, 1.82) is 0 Å². The third-order valence-corrected chi connectivity index (χ3v) is 0.500. The summed E-state index contributed by atoms with van der Waals surface area (Å²) in [5, 5.41) is 3.11. The van der Waals surface area contributed by atoms with Crippen LogP contribution in [0.25, 0.3) is 0 Å². The molecule has 0 aromatic carbocycles. The summed E-state index contributed by atoms with van der Waals surface area (Å²) < 4.78 is 0. The lowest BCUT2D eigenvalue weighted by molar-refractivity contribution is 0.933. The minimum atomic E-state index is 1.09. The predicted molar refractivity (Wildman–Crippen MR) is 30.0 cm³/mol. The van der Waals surface area contributed by atoms with E-state index in [0.29, 0.717) is 0 Å². The molecule has 1 N–H and O–H groups in total. The molecule has 3 heteroatoms. The summed E-state index contributed by atoms with van der Waals surface area (Å²) in [5.74, 6) is 0. The van der Waals surface area contributed by atoms with Crippen LogP contribution in [0.3, 0.4) is 0 Å². The first kappa shape index (κ1) is 5.09. The number of nitrogens with one attached hydrogen (secondary N) is 1. The van der Waals surface area contributed by atoms with E-state index in [-0.39, 0.29) is 0 Å². The number of hydrogen-bond acceptors (Lipinski definition) is 1. The average Bonchev–Trinajstić information content (AvgIpc) is 1.41. The minimum Gasteiger partial charge on any atom is -0.333 e. The van der Waals surface area contributed by atoms with Crippen molar-refractivity contribution >= 4 is 15.7 Å². The normalized spacial score (nSPS) is 8.00. The van der Waals surface area contributed by atoms with E-state index in [9.17, 15) is 0 Å². The maximum absolute atomic E-state index is 3.11. The summed E-state index contributed by atoms with van der Waals surface area (Å²) in [5.41, 5.74) is 0. The fourth-order valence-corrected chi connectivity index (χ4v) is 0.250. The molecule has 0 spiro atoms. The molecule has 0 radical (unpaired) electrons. The van der Waals surface area contributed by atoms with Crippen LogP contribution in [0.5, 0.6) is 0 Å². The Kier molecular flexibility index (Phi) is 4.16. The fourth-order valence-electron chi connectivity index (χ4n) is 0.250. The molecule has 0 amide bonds. The summed E-state index contributed by atoms with van der Waals surface area (Å²) in [4.78, 5) is 0. The van der Waals surface area contributed by atoms with Crippen LogP contribution < -0.4 is 5.32 Å². The lowest BCUT2D eigenvalue weighted by atomic mass is 10.1. The Morgan fingerprint density at radius 3 is 1.60 bits per heavy atom. The van der Waals surface area contributed by atoms with Gasteiger partial charge in [0.15, 0.2) is 0 Å². The Bertz CT molecular complexity index is 15.1. The zero-order valence-electron chi connectivity index (χ0n) is 3.91. The highest BCUT2D eigenvalue weighted by Gasteiger charge is 1.64. The Hall–Kier alpha value is 0.0899. The topological polar surface area (TPSA) is 12.0 Å². The largest absolute Gasteiger partial charge is 0.333 e. The molecule has 0 saturated heterocycles. The fraction of sp³-hybridized carbons (Fsp3) is 1.00. The molecule has 1 nitrogen and oxygen atoms in total. The highest BCUT2D eigenvalue weighted by atomic mass is 14.8. The molecule has 0 aliphatic carbocycles. The van der Waals surface area contributed by atoms with E-state index in [4.69, 9.17) is 0 Å². The van der Waals surface area contributed by atoms with Gasteiger partial charge in [-0.2, -0.15) is 0 Å². The molecule has 0 rings (SSSR count). The molecule has 0 unspecified atom stereocenters. The van der Waals surface area contributed by atoms with Crippen LogP contribution in [0.15, 0.2) is 0 Å². The summed E-state index contributed by atoms with van der Waals surface area (Å²) in [6.07, 6.45) is 2.19. The maximum atomic E-state index is 3.11. The second kappa shape index (κ2) is 4.09. The van der Waals surface area contributed by atoms with Gasteiger partial charge < -0.3 is 5.32 Å². The van der Waals surface area contributed by atoms with Gasteiger partial charge in [0.25, 0.3) is 0 Å². The first-order valence-corrected chi connectivity index (χ1v) is 2.12. The van der Waals surface area contributed by atoms with Crippen LogP contribution in [0.1, 0.15) is 0 Å². The molecule has 0 aromatic rings.